The van der Waals surface area contributed by atoms with E-state index in [1.54, 1.807) is 19.1 Å². The third-order valence-corrected chi connectivity index (χ3v) is 3.26. The number of nitrogens with zero attached hydrogens (tertiary/aromatic N) is 2. The predicted molar refractivity (Wildman–Crippen MR) is 76.2 cm³/mol. The van der Waals surface area contributed by atoms with Gasteiger partial charge in [-0.15, -0.1) is 0 Å². The first kappa shape index (κ1) is 14.1. The number of carbonyl (C=O) groups excluding carboxylic acids is 1. The lowest BCUT2D eigenvalue weighted by Crippen LogP contribution is -2.13. The molecule has 0 aliphatic rings. The molecule has 0 aromatic carbocycles. The summed E-state index contributed by atoms with van der Waals surface area (Å²) in [5.41, 5.74) is 1.50. The minimum Gasteiger partial charge on any atom is -0.320 e. The normalized spacial score (nSPS) is 10.3. The Labute approximate surface area is 124 Å². The zero-order valence-corrected chi connectivity index (χ0v) is 12.0. The summed E-state index contributed by atoms with van der Waals surface area (Å²) >= 11 is 17.2. The van der Waals surface area contributed by atoms with Gasteiger partial charge < -0.3 is 5.32 Å². The lowest BCUT2D eigenvalue weighted by Gasteiger charge is -2.08. The minimum absolute atomic E-state index is 0.155. The third-order valence-electron chi connectivity index (χ3n) is 2.36. The van der Waals surface area contributed by atoms with E-state index in [2.05, 4.69) is 15.3 Å². The van der Waals surface area contributed by atoms with Gasteiger partial charge in [0.2, 0.25) is 0 Å². The van der Waals surface area contributed by atoms with E-state index in [0.29, 0.717) is 22.1 Å². The Morgan fingerprint density at radius 1 is 1.26 bits per heavy atom. The van der Waals surface area contributed by atoms with Crippen LogP contribution in [0.1, 0.15) is 16.1 Å². The lowest BCUT2D eigenvalue weighted by molar-refractivity contribution is 0.102. The summed E-state index contributed by atoms with van der Waals surface area (Å²) in [6.07, 6.45) is 1.35. The van der Waals surface area contributed by atoms with Gasteiger partial charge in [0.15, 0.2) is 0 Å². The van der Waals surface area contributed by atoms with Gasteiger partial charge in [-0.05, 0) is 25.1 Å². The average Bonchev–Trinajstić information content (AvgIpc) is 2.36. The number of hydrogen-bond acceptors (Lipinski definition) is 3. The fraction of sp³-hybridized carbons (Fsp3) is 0.0833. The van der Waals surface area contributed by atoms with Crippen LogP contribution < -0.4 is 5.32 Å². The van der Waals surface area contributed by atoms with Crippen molar-refractivity contribution in [3.8, 4) is 0 Å². The maximum Gasteiger partial charge on any atom is 0.257 e. The van der Waals surface area contributed by atoms with E-state index in [0.717, 1.165) is 0 Å². The van der Waals surface area contributed by atoms with Gasteiger partial charge in [-0.1, -0.05) is 34.8 Å². The summed E-state index contributed by atoms with van der Waals surface area (Å²) in [4.78, 5) is 19.9. The van der Waals surface area contributed by atoms with Gasteiger partial charge in [-0.2, -0.15) is 0 Å². The van der Waals surface area contributed by atoms with Crippen LogP contribution in [0.5, 0.6) is 0 Å². The quantitative estimate of drug-likeness (QED) is 0.852. The van der Waals surface area contributed by atoms with E-state index in [1.165, 1.54) is 12.3 Å². The summed E-state index contributed by atoms with van der Waals surface area (Å²) < 4.78 is 0. The highest BCUT2D eigenvalue weighted by Crippen LogP contribution is 2.21. The maximum absolute atomic E-state index is 12.0. The Hall–Kier alpha value is -1.36. The number of halogens is 3. The van der Waals surface area contributed by atoms with E-state index in [1.807, 2.05) is 0 Å². The zero-order chi connectivity index (χ0) is 14.0. The molecule has 0 unspecified atom stereocenters. The number of pyridine rings is 2. The van der Waals surface area contributed by atoms with Crippen LogP contribution in [0.15, 0.2) is 24.4 Å². The molecular weight excluding hydrogens is 309 g/mol. The smallest absolute Gasteiger partial charge is 0.257 e. The number of anilines is 1. The summed E-state index contributed by atoms with van der Waals surface area (Å²) in [6, 6.07) is 4.72. The lowest BCUT2D eigenvalue weighted by atomic mass is 10.2. The molecule has 19 heavy (non-hydrogen) atoms. The van der Waals surface area contributed by atoms with Crippen LogP contribution in [0.25, 0.3) is 0 Å². The second kappa shape index (κ2) is 5.74. The van der Waals surface area contributed by atoms with Gasteiger partial charge in [0.1, 0.15) is 10.3 Å². The highest BCUT2D eigenvalue weighted by Gasteiger charge is 2.11. The third kappa shape index (κ3) is 3.35. The van der Waals surface area contributed by atoms with Crippen LogP contribution in [0, 0.1) is 6.92 Å². The van der Waals surface area contributed by atoms with Crippen molar-refractivity contribution in [1.82, 2.24) is 9.97 Å². The summed E-state index contributed by atoms with van der Waals surface area (Å²) in [7, 11) is 0. The van der Waals surface area contributed by atoms with Crippen LogP contribution in [0.3, 0.4) is 0 Å². The molecule has 0 fully saturated rings. The predicted octanol–water partition coefficient (Wildman–Crippen LogP) is 4.00. The number of hydrogen-bond donors (Lipinski definition) is 1. The molecular formula is C12H8Cl3N3O. The zero-order valence-electron chi connectivity index (χ0n) is 9.75. The molecule has 0 saturated carbocycles. The fourth-order valence-electron chi connectivity index (χ4n) is 1.40. The summed E-state index contributed by atoms with van der Waals surface area (Å²) in [5.74, 6) is -0.349. The molecule has 2 aromatic rings. The molecule has 7 heteroatoms. The van der Waals surface area contributed by atoms with Crippen LogP contribution in [0.4, 0.5) is 5.69 Å². The average molecular weight is 317 g/mol. The first-order valence-corrected chi connectivity index (χ1v) is 6.36. The van der Waals surface area contributed by atoms with E-state index >= 15 is 0 Å². The summed E-state index contributed by atoms with van der Waals surface area (Å²) in [5, 5.41) is 3.44. The highest BCUT2D eigenvalue weighted by atomic mass is 35.5. The molecule has 0 radical (unpaired) electrons. The van der Waals surface area contributed by atoms with Crippen LogP contribution >= 0.6 is 34.8 Å². The van der Waals surface area contributed by atoms with Crippen molar-refractivity contribution in [2.24, 2.45) is 0 Å². The molecule has 2 rings (SSSR count). The van der Waals surface area contributed by atoms with Crippen LogP contribution in [-0.2, 0) is 0 Å². The van der Waals surface area contributed by atoms with E-state index in [9.17, 15) is 4.79 Å². The molecule has 0 bridgehead atoms. The van der Waals surface area contributed by atoms with Gasteiger partial charge in [-0.25, -0.2) is 9.97 Å². The van der Waals surface area contributed by atoms with E-state index in [-0.39, 0.29) is 16.1 Å². The van der Waals surface area contributed by atoms with E-state index < -0.39 is 0 Å². The van der Waals surface area contributed by atoms with Crippen molar-refractivity contribution < 1.29 is 4.79 Å². The Balaban J connectivity index is 2.23. The Kier molecular flexibility index (Phi) is 4.24. The number of aryl methyl sites for hydroxylation is 1. The highest BCUT2D eigenvalue weighted by molar-refractivity contribution is 6.41. The molecule has 0 aliphatic heterocycles. The molecule has 0 aliphatic carbocycles. The topological polar surface area (TPSA) is 54.9 Å². The molecule has 2 heterocycles. The van der Waals surface area contributed by atoms with Crippen molar-refractivity contribution >= 4 is 46.4 Å². The second-order valence-corrected chi connectivity index (χ2v) is 4.87. The molecule has 0 spiro atoms. The van der Waals surface area contributed by atoms with Gasteiger partial charge in [-0.3, -0.25) is 4.79 Å². The molecule has 0 saturated heterocycles. The van der Waals surface area contributed by atoms with Crippen LogP contribution in [-0.4, -0.2) is 15.9 Å². The first-order valence-electron chi connectivity index (χ1n) is 5.23. The molecule has 1 amide bonds. The number of carbonyl (C=O) groups is 1. The number of amides is 1. The van der Waals surface area contributed by atoms with Gasteiger partial charge in [0, 0.05) is 6.20 Å². The maximum atomic E-state index is 12.0. The minimum atomic E-state index is -0.349. The molecule has 98 valence electrons. The first-order chi connectivity index (χ1) is 8.97. The molecule has 1 N–H and O–H groups in total. The van der Waals surface area contributed by atoms with Crippen LogP contribution in [0.2, 0.25) is 15.3 Å². The number of nitrogens with one attached hydrogen (secondary N) is 1. The number of aromatic nitrogens is 2. The molecule has 2 aromatic heterocycles. The standard InChI is InChI=1S/C12H8Cl3N3O/c1-6-9(2-3-10(14)17-6)18-12(19)7-4-8(13)11(15)16-5-7/h2-5H,1H3,(H,18,19). The van der Waals surface area contributed by atoms with Crippen molar-refractivity contribution in [1.29, 1.82) is 0 Å². The van der Waals surface area contributed by atoms with Crippen molar-refractivity contribution in [3.05, 3.63) is 51.0 Å². The SMILES string of the molecule is Cc1nc(Cl)ccc1NC(=O)c1cnc(Cl)c(Cl)c1. The van der Waals surface area contributed by atoms with E-state index in [4.69, 9.17) is 34.8 Å². The summed E-state index contributed by atoms with van der Waals surface area (Å²) in [6.45, 7) is 1.74. The number of rotatable bonds is 2. The Bertz CT molecular complexity index is 646. The van der Waals surface area contributed by atoms with Crippen molar-refractivity contribution in [2.45, 2.75) is 6.92 Å². The van der Waals surface area contributed by atoms with Gasteiger partial charge >= 0.3 is 0 Å². The Morgan fingerprint density at radius 3 is 2.63 bits per heavy atom. The molecule has 4 nitrogen and oxygen atoms in total. The van der Waals surface area contributed by atoms with Crippen molar-refractivity contribution in [2.75, 3.05) is 5.32 Å². The molecule has 0 atom stereocenters. The van der Waals surface area contributed by atoms with Gasteiger partial charge in [0.05, 0.1) is 22.0 Å². The van der Waals surface area contributed by atoms with Crippen molar-refractivity contribution in [3.63, 3.8) is 0 Å². The fourth-order valence-corrected chi connectivity index (χ4v) is 1.86. The Morgan fingerprint density at radius 2 is 2.00 bits per heavy atom. The van der Waals surface area contributed by atoms with Gasteiger partial charge in [0.25, 0.3) is 5.91 Å². The second-order valence-electron chi connectivity index (χ2n) is 3.72. The monoisotopic (exact) mass is 315 g/mol. The largest absolute Gasteiger partial charge is 0.320 e.